The summed E-state index contributed by atoms with van der Waals surface area (Å²) in [5.41, 5.74) is 0.970. The molecule has 0 aliphatic carbocycles. The van der Waals surface area contributed by atoms with E-state index in [9.17, 15) is 8.42 Å². The lowest BCUT2D eigenvalue weighted by atomic mass is 10.2. The molecule has 1 heterocycles. The predicted octanol–water partition coefficient (Wildman–Crippen LogP) is 2.00. The van der Waals surface area contributed by atoms with Crippen LogP contribution in [0.5, 0.6) is 0 Å². The minimum Gasteiger partial charge on any atom is -0.460 e. The highest BCUT2D eigenvalue weighted by Gasteiger charge is 2.06. The number of furan rings is 1. The number of hydrogen-bond donors (Lipinski definition) is 1. The maximum absolute atomic E-state index is 10.9. The van der Waals surface area contributed by atoms with Gasteiger partial charge in [-0.3, -0.25) is 0 Å². The van der Waals surface area contributed by atoms with Gasteiger partial charge in [-0.05, 0) is 12.1 Å². The zero-order chi connectivity index (χ0) is 12.3. The van der Waals surface area contributed by atoms with Crippen LogP contribution < -0.4 is 4.72 Å². The van der Waals surface area contributed by atoms with Gasteiger partial charge in [-0.25, -0.2) is 13.1 Å². The van der Waals surface area contributed by atoms with Crippen molar-refractivity contribution in [3.8, 4) is 11.3 Å². The lowest BCUT2D eigenvalue weighted by molar-refractivity contribution is 0.510. The van der Waals surface area contributed by atoms with Gasteiger partial charge in [0.1, 0.15) is 11.5 Å². The van der Waals surface area contributed by atoms with Crippen LogP contribution in [-0.2, 0) is 16.6 Å². The lowest BCUT2D eigenvalue weighted by Gasteiger charge is -1.99. The number of rotatable bonds is 4. The van der Waals surface area contributed by atoms with E-state index >= 15 is 0 Å². The van der Waals surface area contributed by atoms with E-state index in [1.807, 2.05) is 36.4 Å². The highest BCUT2D eigenvalue weighted by Crippen LogP contribution is 2.21. The number of hydrogen-bond acceptors (Lipinski definition) is 3. The molecule has 0 unspecified atom stereocenters. The molecule has 17 heavy (non-hydrogen) atoms. The van der Waals surface area contributed by atoms with Gasteiger partial charge in [-0.2, -0.15) is 0 Å². The molecule has 0 saturated heterocycles. The average Bonchev–Trinajstić information content (AvgIpc) is 2.75. The summed E-state index contributed by atoms with van der Waals surface area (Å²) >= 11 is 0. The van der Waals surface area contributed by atoms with E-state index < -0.39 is 10.0 Å². The van der Waals surface area contributed by atoms with Crippen LogP contribution in [0.4, 0.5) is 0 Å². The van der Waals surface area contributed by atoms with Crippen LogP contribution in [0.15, 0.2) is 46.9 Å². The van der Waals surface area contributed by atoms with Gasteiger partial charge in [0, 0.05) is 5.56 Å². The standard InChI is InChI=1S/C12H13NO3S/c1-17(14,15)13-9-11-7-8-12(16-11)10-5-3-2-4-6-10/h2-8,13H,9H2,1H3. The first-order chi connectivity index (χ1) is 8.04. The first-order valence-electron chi connectivity index (χ1n) is 5.13. The Kier molecular flexibility index (Phi) is 3.31. The Labute approximate surface area is 100 Å². The van der Waals surface area contributed by atoms with Gasteiger partial charge < -0.3 is 4.42 Å². The van der Waals surface area contributed by atoms with Crippen molar-refractivity contribution in [2.45, 2.75) is 6.54 Å². The Morgan fingerprint density at radius 3 is 2.47 bits per heavy atom. The van der Waals surface area contributed by atoms with Crippen molar-refractivity contribution in [3.05, 3.63) is 48.2 Å². The minimum absolute atomic E-state index is 0.172. The molecule has 2 rings (SSSR count). The fourth-order valence-electron chi connectivity index (χ4n) is 1.43. The molecule has 0 radical (unpaired) electrons. The van der Waals surface area contributed by atoms with Crippen molar-refractivity contribution in [1.29, 1.82) is 0 Å². The fraction of sp³-hybridized carbons (Fsp3) is 0.167. The highest BCUT2D eigenvalue weighted by molar-refractivity contribution is 7.88. The number of sulfonamides is 1. The van der Waals surface area contributed by atoms with Crippen LogP contribution in [0.2, 0.25) is 0 Å². The van der Waals surface area contributed by atoms with Crippen molar-refractivity contribution >= 4 is 10.0 Å². The van der Waals surface area contributed by atoms with E-state index in [1.54, 1.807) is 6.07 Å². The first-order valence-corrected chi connectivity index (χ1v) is 7.02. The summed E-state index contributed by atoms with van der Waals surface area (Å²) in [6, 6.07) is 13.2. The minimum atomic E-state index is -3.19. The van der Waals surface area contributed by atoms with Crippen molar-refractivity contribution in [2.24, 2.45) is 0 Å². The summed E-state index contributed by atoms with van der Waals surface area (Å²) in [4.78, 5) is 0. The second kappa shape index (κ2) is 4.73. The van der Waals surface area contributed by atoms with Gasteiger partial charge in [0.05, 0.1) is 12.8 Å². The Morgan fingerprint density at radius 1 is 1.12 bits per heavy atom. The molecule has 5 heteroatoms. The maximum Gasteiger partial charge on any atom is 0.209 e. The van der Waals surface area contributed by atoms with Crippen molar-refractivity contribution in [2.75, 3.05) is 6.26 Å². The van der Waals surface area contributed by atoms with Gasteiger partial charge in [0.2, 0.25) is 10.0 Å². The van der Waals surface area contributed by atoms with Crippen LogP contribution in [0.1, 0.15) is 5.76 Å². The molecule has 0 bridgehead atoms. The van der Waals surface area contributed by atoms with Gasteiger partial charge in [-0.1, -0.05) is 30.3 Å². The average molecular weight is 251 g/mol. The molecule has 0 amide bonds. The fourth-order valence-corrected chi connectivity index (χ4v) is 1.84. The molecule has 1 aromatic heterocycles. The third kappa shape index (κ3) is 3.44. The van der Waals surface area contributed by atoms with Gasteiger partial charge in [0.25, 0.3) is 0 Å². The van der Waals surface area contributed by atoms with Gasteiger partial charge in [-0.15, -0.1) is 0 Å². The zero-order valence-corrected chi connectivity index (χ0v) is 10.2. The second-order valence-electron chi connectivity index (χ2n) is 3.73. The largest absolute Gasteiger partial charge is 0.460 e. The monoisotopic (exact) mass is 251 g/mol. The molecular formula is C12H13NO3S. The molecular weight excluding hydrogens is 238 g/mol. The Morgan fingerprint density at radius 2 is 1.82 bits per heavy atom. The highest BCUT2D eigenvalue weighted by atomic mass is 32.2. The number of benzene rings is 1. The van der Waals surface area contributed by atoms with Crippen molar-refractivity contribution in [1.82, 2.24) is 4.72 Å². The normalized spacial score (nSPS) is 11.6. The van der Waals surface area contributed by atoms with E-state index in [-0.39, 0.29) is 6.54 Å². The molecule has 0 aliphatic rings. The van der Waals surface area contributed by atoms with E-state index in [2.05, 4.69) is 4.72 Å². The van der Waals surface area contributed by atoms with E-state index in [0.29, 0.717) is 5.76 Å². The zero-order valence-electron chi connectivity index (χ0n) is 9.38. The van der Waals surface area contributed by atoms with Crippen LogP contribution in [0, 0.1) is 0 Å². The lowest BCUT2D eigenvalue weighted by Crippen LogP contribution is -2.20. The molecule has 4 nitrogen and oxygen atoms in total. The summed E-state index contributed by atoms with van der Waals surface area (Å²) in [5, 5.41) is 0. The molecule has 0 spiro atoms. The molecule has 0 saturated carbocycles. The molecule has 0 fully saturated rings. The summed E-state index contributed by atoms with van der Waals surface area (Å²) in [6.07, 6.45) is 1.12. The quantitative estimate of drug-likeness (QED) is 0.904. The number of nitrogens with one attached hydrogen (secondary N) is 1. The van der Waals surface area contributed by atoms with Crippen LogP contribution in [-0.4, -0.2) is 14.7 Å². The molecule has 1 N–H and O–H groups in total. The van der Waals surface area contributed by atoms with E-state index in [0.717, 1.165) is 17.6 Å². The van der Waals surface area contributed by atoms with Crippen molar-refractivity contribution in [3.63, 3.8) is 0 Å². The molecule has 1 aromatic carbocycles. The summed E-state index contributed by atoms with van der Waals surface area (Å²) in [6.45, 7) is 0.172. The van der Waals surface area contributed by atoms with Crippen LogP contribution in [0.25, 0.3) is 11.3 Å². The molecule has 2 aromatic rings. The van der Waals surface area contributed by atoms with Gasteiger partial charge >= 0.3 is 0 Å². The van der Waals surface area contributed by atoms with Crippen LogP contribution in [0.3, 0.4) is 0 Å². The first kappa shape index (κ1) is 11.9. The molecule has 0 atom stereocenters. The maximum atomic E-state index is 10.9. The topological polar surface area (TPSA) is 59.3 Å². The third-order valence-electron chi connectivity index (χ3n) is 2.23. The summed E-state index contributed by atoms with van der Waals surface area (Å²) < 4.78 is 29.8. The van der Waals surface area contributed by atoms with Gasteiger partial charge in [0.15, 0.2) is 0 Å². The SMILES string of the molecule is CS(=O)(=O)NCc1ccc(-c2ccccc2)o1. The Balaban J connectivity index is 2.12. The van der Waals surface area contributed by atoms with E-state index in [1.165, 1.54) is 0 Å². The summed E-state index contributed by atoms with van der Waals surface area (Å²) in [5.74, 6) is 1.32. The smallest absolute Gasteiger partial charge is 0.209 e. The Hall–Kier alpha value is -1.59. The van der Waals surface area contributed by atoms with E-state index in [4.69, 9.17) is 4.42 Å². The Bertz CT molecular complexity index is 587. The summed E-state index contributed by atoms with van der Waals surface area (Å²) in [7, 11) is -3.19. The van der Waals surface area contributed by atoms with Crippen LogP contribution >= 0.6 is 0 Å². The van der Waals surface area contributed by atoms with Crippen molar-refractivity contribution < 1.29 is 12.8 Å². The molecule has 90 valence electrons. The molecule has 0 aliphatic heterocycles. The predicted molar refractivity (Wildman–Crippen MR) is 65.8 cm³/mol. The second-order valence-corrected chi connectivity index (χ2v) is 5.56. The third-order valence-corrected chi connectivity index (χ3v) is 2.90.